The topological polar surface area (TPSA) is 68.2 Å². The first-order valence-corrected chi connectivity index (χ1v) is 9.00. The van der Waals surface area contributed by atoms with Crippen LogP contribution in [0.3, 0.4) is 0 Å². The van der Waals surface area contributed by atoms with Crippen molar-refractivity contribution in [2.45, 2.75) is 32.7 Å². The van der Waals surface area contributed by atoms with Crippen molar-refractivity contribution in [3.8, 4) is 0 Å². The monoisotopic (exact) mass is 384 g/mol. The molecular weight excluding hydrogens is 361 g/mol. The summed E-state index contributed by atoms with van der Waals surface area (Å²) in [4.78, 5) is 12.3. The van der Waals surface area contributed by atoms with Crippen LogP contribution in [-0.4, -0.2) is 48.3 Å². The highest BCUT2D eigenvalue weighted by Crippen LogP contribution is 2.23. The molecule has 1 amide bonds. The molecule has 1 aromatic carbocycles. The molecule has 2 heterocycles. The number of halogens is 3. The molecule has 9 heteroatoms. The average Bonchev–Trinajstić information content (AvgIpc) is 3.02. The van der Waals surface area contributed by atoms with Crippen molar-refractivity contribution in [1.82, 2.24) is 20.4 Å². The molecule has 1 aromatic heterocycles. The van der Waals surface area contributed by atoms with E-state index in [2.05, 4.69) is 20.5 Å². The number of amides is 1. The van der Waals surface area contributed by atoms with Crippen LogP contribution in [-0.2, 0) is 11.3 Å². The van der Waals surface area contributed by atoms with E-state index in [4.69, 9.17) is 0 Å². The zero-order valence-electron chi connectivity index (χ0n) is 15.1. The summed E-state index contributed by atoms with van der Waals surface area (Å²) in [5, 5.41) is 11.3. The van der Waals surface area contributed by atoms with Gasteiger partial charge in [-0.15, -0.1) is 13.2 Å². The summed E-state index contributed by atoms with van der Waals surface area (Å²) in [7, 11) is 0. The minimum Gasteiger partial charge on any atom is -0.350 e. The predicted molar refractivity (Wildman–Crippen MR) is 94.4 cm³/mol. The van der Waals surface area contributed by atoms with Gasteiger partial charge >= 0.3 is 6.36 Å². The van der Waals surface area contributed by atoms with Crippen LogP contribution in [0.25, 0.3) is 10.9 Å². The fraction of sp³-hybridized carbons (Fsp3) is 0.556. The summed E-state index contributed by atoms with van der Waals surface area (Å²) in [6, 6.07) is 3.42. The van der Waals surface area contributed by atoms with Crippen LogP contribution in [0.2, 0.25) is 0 Å². The Morgan fingerprint density at radius 3 is 2.81 bits per heavy atom. The lowest BCUT2D eigenvalue weighted by Crippen LogP contribution is -2.30. The molecule has 1 aliphatic rings. The van der Waals surface area contributed by atoms with Gasteiger partial charge < -0.3 is 10.6 Å². The highest BCUT2D eigenvalue weighted by atomic mass is 19.4. The van der Waals surface area contributed by atoms with Crippen molar-refractivity contribution in [3.63, 3.8) is 0 Å². The standard InChI is InChI=1S/C18H23F3N4O2/c1-12-14(17(26)23-8-9-27-18(19,20)21)2-3-16-15(12)11-25(24-16)10-13-4-6-22-7-5-13/h2-3,11,13,22H,4-10H2,1H3,(H,23,26). The third kappa shape index (κ3) is 5.20. The molecule has 27 heavy (non-hydrogen) atoms. The van der Waals surface area contributed by atoms with Gasteiger partial charge in [-0.2, -0.15) is 5.10 Å². The number of rotatable bonds is 6. The quantitative estimate of drug-likeness (QED) is 0.752. The van der Waals surface area contributed by atoms with E-state index in [9.17, 15) is 18.0 Å². The Labute approximate surface area is 155 Å². The molecule has 0 aliphatic carbocycles. The Balaban J connectivity index is 1.66. The van der Waals surface area contributed by atoms with E-state index in [1.54, 1.807) is 12.1 Å². The molecule has 6 nitrogen and oxygen atoms in total. The largest absolute Gasteiger partial charge is 0.522 e. The molecule has 0 saturated carbocycles. The second-order valence-corrected chi connectivity index (χ2v) is 6.77. The van der Waals surface area contributed by atoms with Crippen molar-refractivity contribution >= 4 is 16.8 Å². The van der Waals surface area contributed by atoms with E-state index in [0.29, 0.717) is 11.5 Å². The van der Waals surface area contributed by atoms with Gasteiger partial charge in [0.15, 0.2) is 0 Å². The van der Waals surface area contributed by atoms with Crippen molar-refractivity contribution in [2.24, 2.45) is 5.92 Å². The van der Waals surface area contributed by atoms with Gasteiger partial charge in [-0.3, -0.25) is 14.2 Å². The molecule has 0 radical (unpaired) electrons. The molecule has 0 spiro atoms. The molecular formula is C18H23F3N4O2. The SMILES string of the molecule is Cc1c(C(=O)NCCOC(F)(F)F)ccc2nn(CC3CCNCC3)cc12. The Morgan fingerprint density at radius 1 is 1.37 bits per heavy atom. The van der Waals surface area contributed by atoms with Gasteiger partial charge in [-0.25, -0.2) is 0 Å². The molecule has 1 saturated heterocycles. The minimum absolute atomic E-state index is 0.217. The number of aryl methyl sites for hydroxylation is 1. The van der Waals surface area contributed by atoms with Crippen LogP contribution in [0.4, 0.5) is 13.2 Å². The molecule has 0 unspecified atom stereocenters. The number of carbonyl (C=O) groups excluding carboxylic acids is 1. The maximum absolute atomic E-state index is 12.3. The summed E-state index contributed by atoms with van der Waals surface area (Å²) in [6.07, 6.45) is -0.523. The summed E-state index contributed by atoms with van der Waals surface area (Å²) in [5.41, 5.74) is 1.99. The summed E-state index contributed by atoms with van der Waals surface area (Å²) in [5.74, 6) is 0.156. The number of ether oxygens (including phenoxy) is 1. The van der Waals surface area contributed by atoms with Gasteiger partial charge in [-0.05, 0) is 56.5 Å². The zero-order valence-corrected chi connectivity index (χ0v) is 15.1. The second-order valence-electron chi connectivity index (χ2n) is 6.77. The first kappa shape index (κ1) is 19.6. The Kier molecular flexibility index (Phi) is 6.01. The fourth-order valence-corrected chi connectivity index (χ4v) is 3.38. The summed E-state index contributed by atoms with van der Waals surface area (Å²) in [6.45, 7) is 3.86. The Morgan fingerprint density at radius 2 is 2.11 bits per heavy atom. The second kappa shape index (κ2) is 8.26. The number of nitrogens with zero attached hydrogens (tertiary/aromatic N) is 2. The lowest BCUT2D eigenvalue weighted by atomic mass is 9.98. The molecule has 148 valence electrons. The van der Waals surface area contributed by atoms with Crippen LogP contribution in [0.1, 0.15) is 28.8 Å². The Hall–Kier alpha value is -2.13. The smallest absolute Gasteiger partial charge is 0.350 e. The molecule has 1 fully saturated rings. The normalized spacial score (nSPS) is 16.0. The molecule has 3 rings (SSSR count). The average molecular weight is 384 g/mol. The van der Waals surface area contributed by atoms with Crippen molar-refractivity contribution in [1.29, 1.82) is 0 Å². The van der Waals surface area contributed by atoms with Gasteiger partial charge in [0.05, 0.1) is 12.1 Å². The Bertz CT molecular complexity index is 798. The number of piperidine rings is 1. The molecule has 0 atom stereocenters. The number of hydrogen-bond acceptors (Lipinski definition) is 4. The van der Waals surface area contributed by atoms with E-state index < -0.39 is 18.9 Å². The van der Waals surface area contributed by atoms with Crippen molar-refractivity contribution in [3.05, 3.63) is 29.5 Å². The van der Waals surface area contributed by atoms with E-state index in [-0.39, 0.29) is 6.54 Å². The van der Waals surface area contributed by atoms with Gasteiger partial charge in [-0.1, -0.05) is 0 Å². The predicted octanol–water partition coefficient (Wildman–Crippen LogP) is 2.61. The van der Waals surface area contributed by atoms with Crippen LogP contribution >= 0.6 is 0 Å². The van der Waals surface area contributed by atoms with E-state index in [1.165, 1.54) is 0 Å². The third-order valence-corrected chi connectivity index (χ3v) is 4.81. The number of fused-ring (bicyclic) bond motifs is 1. The lowest BCUT2D eigenvalue weighted by molar-refractivity contribution is -0.323. The first-order chi connectivity index (χ1) is 12.8. The summed E-state index contributed by atoms with van der Waals surface area (Å²) < 4.78 is 41.5. The van der Waals surface area contributed by atoms with Crippen LogP contribution < -0.4 is 10.6 Å². The molecule has 0 bridgehead atoms. The minimum atomic E-state index is -4.69. The van der Waals surface area contributed by atoms with Gasteiger partial charge in [0.25, 0.3) is 5.91 Å². The van der Waals surface area contributed by atoms with Gasteiger partial charge in [0, 0.05) is 30.2 Å². The number of hydrogen-bond donors (Lipinski definition) is 2. The maximum Gasteiger partial charge on any atom is 0.522 e. The number of carbonyl (C=O) groups is 1. The van der Waals surface area contributed by atoms with E-state index in [1.807, 2.05) is 17.8 Å². The first-order valence-electron chi connectivity index (χ1n) is 9.00. The third-order valence-electron chi connectivity index (χ3n) is 4.81. The van der Waals surface area contributed by atoms with Crippen molar-refractivity contribution in [2.75, 3.05) is 26.2 Å². The van der Waals surface area contributed by atoms with Gasteiger partial charge in [0.1, 0.15) is 0 Å². The zero-order chi connectivity index (χ0) is 19.4. The van der Waals surface area contributed by atoms with Crippen molar-refractivity contribution < 1.29 is 22.7 Å². The van der Waals surface area contributed by atoms with Crippen LogP contribution in [0, 0.1) is 12.8 Å². The maximum atomic E-state index is 12.3. The lowest BCUT2D eigenvalue weighted by Gasteiger charge is -2.22. The van der Waals surface area contributed by atoms with E-state index >= 15 is 0 Å². The molecule has 1 aliphatic heterocycles. The number of nitrogens with one attached hydrogen (secondary N) is 2. The highest BCUT2D eigenvalue weighted by Gasteiger charge is 2.28. The number of benzene rings is 1. The fourth-order valence-electron chi connectivity index (χ4n) is 3.38. The molecule has 2 aromatic rings. The number of aromatic nitrogens is 2. The summed E-state index contributed by atoms with van der Waals surface area (Å²) >= 11 is 0. The van der Waals surface area contributed by atoms with E-state index in [0.717, 1.165) is 48.9 Å². The highest BCUT2D eigenvalue weighted by molar-refractivity contribution is 6.00. The number of alkyl halides is 3. The molecule has 2 N–H and O–H groups in total. The van der Waals surface area contributed by atoms with Crippen LogP contribution in [0.15, 0.2) is 18.3 Å². The van der Waals surface area contributed by atoms with Gasteiger partial charge in [0.2, 0.25) is 0 Å². The van der Waals surface area contributed by atoms with Crippen LogP contribution in [0.5, 0.6) is 0 Å².